The monoisotopic (exact) mass is 276 g/mol. The summed E-state index contributed by atoms with van der Waals surface area (Å²) >= 11 is 0. The molecule has 108 valence electrons. The Balaban J connectivity index is 2.20. The van der Waals surface area contributed by atoms with E-state index in [4.69, 9.17) is 5.21 Å². The first-order valence-corrected chi connectivity index (χ1v) is 6.87. The van der Waals surface area contributed by atoms with Gasteiger partial charge in [-0.05, 0) is 25.0 Å². The molecule has 0 saturated carbocycles. The van der Waals surface area contributed by atoms with E-state index in [-0.39, 0.29) is 17.6 Å². The van der Waals surface area contributed by atoms with Gasteiger partial charge in [0.1, 0.15) is 5.75 Å². The first-order valence-electron chi connectivity index (χ1n) is 6.87. The van der Waals surface area contributed by atoms with Crippen molar-refractivity contribution < 1.29 is 15.1 Å². The van der Waals surface area contributed by atoms with Gasteiger partial charge in [-0.2, -0.15) is 0 Å². The van der Waals surface area contributed by atoms with Crippen molar-refractivity contribution in [1.29, 1.82) is 0 Å². The normalized spacial score (nSPS) is 21.2. The Morgan fingerprint density at radius 2 is 2.25 bits per heavy atom. The highest BCUT2D eigenvalue weighted by atomic mass is 16.4. The molecule has 1 fully saturated rings. The summed E-state index contributed by atoms with van der Waals surface area (Å²) < 4.78 is 0. The molecule has 1 unspecified atom stereocenters. The zero-order valence-electron chi connectivity index (χ0n) is 11.8. The molecular weight excluding hydrogens is 256 g/mol. The molecule has 0 aromatic heterocycles. The van der Waals surface area contributed by atoms with Crippen molar-refractivity contribution in [3.8, 4) is 5.75 Å². The summed E-state index contributed by atoms with van der Waals surface area (Å²) in [5, 5.41) is 22.3. The number of benzene rings is 1. The van der Waals surface area contributed by atoms with Crippen LogP contribution in [-0.4, -0.2) is 39.9 Å². The topological polar surface area (TPSA) is 73.1 Å². The third-order valence-electron chi connectivity index (χ3n) is 3.93. The van der Waals surface area contributed by atoms with E-state index in [0.29, 0.717) is 30.6 Å². The number of carbonyl (C=O) groups is 1. The van der Waals surface area contributed by atoms with Crippen LogP contribution in [0.3, 0.4) is 0 Å². The van der Waals surface area contributed by atoms with Gasteiger partial charge in [0, 0.05) is 25.4 Å². The van der Waals surface area contributed by atoms with E-state index in [1.54, 1.807) is 30.0 Å². The molecule has 1 atom stereocenters. The van der Waals surface area contributed by atoms with Crippen LogP contribution < -0.4 is 0 Å². The Kier molecular flexibility index (Phi) is 4.27. The van der Waals surface area contributed by atoms with Gasteiger partial charge in [0.2, 0.25) is 0 Å². The lowest BCUT2D eigenvalue weighted by atomic mass is 9.92. The number of carbonyl (C=O) groups excluding carboxylic acids is 1. The predicted octanol–water partition coefficient (Wildman–Crippen LogP) is 2.40. The molecule has 1 heterocycles. The van der Waals surface area contributed by atoms with Crippen molar-refractivity contribution in [2.75, 3.05) is 13.1 Å². The maximum atomic E-state index is 12.5. The molecule has 1 saturated heterocycles. The number of nitrogens with zero attached hydrogens (tertiary/aromatic N) is 2. The second-order valence-electron chi connectivity index (χ2n) is 5.17. The van der Waals surface area contributed by atoms with Gasteiger partial charge >= 0.3 is 0 Å². The lowest BCUT2D eigenvalue weighted by Crippen LogP contribution is -2.44. The smallest absolute Gasteiger partial charge is 0.257 e. The van der Waals surface area contributed by atoms with Crippen LogP contribution in [0.25, 0.3) is 0 Å². The Morgan fingerprint density at radius 3 is 2.90 bits per heavy atom. The Morgan fingerprint density at radius 1 is 1.50 bits per heavy atom. The fraction of sp³-hybridized carbons (Fsp3) is 0.467. The lowest BCUT2D eigenvalue weighted by Gasteiger charge is -2.33. The molecule has 1 aliphatic rings. The Hall–Kier alpha value is -2.04. The van der Waals surface area contributed by atoms with Crippen LogP contribution in [0.1, 0.15) is 35.7 Å². The van der Waals surface area contributed by atoms with Gasteiger partial charge in [-0.1, -0.05) is 24.2 Å². The van der Waals surface area contributed by atoms with Gasteiger partial charge in [0.25, 0.3) is 5.91 Å². The highest BCUT2D eigenvalue weighted by molar-refractivity contribution is 5.98. The molecular formula is C15H20N2O3. The lowest BCUT2D eigenvalue weighted by molar-refractivity contribution is 0.0726. The van der Waals surface area contributed by atoms with Crippen LogP contribution in [-0.2, 0) is 0 Å². The molecule has 2 rings (SSSR count). The molecule has 1 amide bonds. The molecule has 2 N–H and O–H groups in total. The molecule has 0 bridgehead atoms. The number of likely N-dealkylation sites (tertiary alicyclic amines) is 1. The largest absolute Gasteiger partial charge is 0.507 e. The van der Waals surface area contributed by atoms with Crippen LogP contribution in [0.15, 0.2) is 23.4 Å². The quantitative estimate of drug-likeness (QED) is 0.643. The molecule has 0 aliphatic carbocycles. The van der Waals surface area contributed by atoms with E-state index in [2.05, 4.69) is 5.16 Å². The van der Waals surface area contributed by atoms with Crippen molar-refractivity contribution in [1.82, 2.24) is 4.90 Å². The van der Waals surface area contributed by atoms with E-state index in [0.717, 1.165) is 12.1 Å². The zero-order valence-corrected chi connectivity index (χ0v) is 11.8. The number of phenolic OH excluding ortho intramolecular Hbond substituents is 1. The number of oxime groups is 1. The number of aromatic hydroxyl groups is 1. The fourth-order valence-electron chi connectivity index (χ4n) is 2.60. The second-order valence-corrected chi connectivity index (χ2v) is 5.17. The van der Waals surface area contributed by atoms with E-state index in [1.165, 1.54) is 0 Å². The number of aryl methyl sites for hydroxylation is 1. The van der Waals surface area contributed by atoms with Crippen molar-refractivity contribution >= 4 is 11.6 Å². The molecule has 5 heteroatoms. The number of hydrogen-bond donors (Lipinski definition) is 2. The summed E-state index contributed by atoms with van der Waals surface area (Å²) in [6, 6.07) is 5.18. The first-order chi connectivity index (χ1) is 9.58. The summed E-state index contributed by atoms with van der Waals surface area (Å²) in [5.41, 5.74) is 1.78. The average Bonchev–Trinajstić information content (AvgIpc) is 2.48. The minimum absolute atomic E-state index is 0.0483. The number of hydrogen-bond acceptors (Lipinski definition) is 4. The Labute approximate surface area is 118 Å². The third kappa shape index (κ3) is 2.61. The summed E-state index contributed by atoms with van der Waals surface area (Å²) in [6.07, 6.45) is 1.40. The van der Waals surface area contributed by atoms with Crippen LogP contribution in [0.2, 0.25) is 0 Å². The van der Waals surface area contributed by atoms with Crippen molar-refractivity contribution in [3.05, 3.63) is 29.3 Å². The minimum Gasteiger partial charge on any atom is -0.507 e. The molecule has 0 spiro atoms. The van der Waals surface area contributed by atoms with Crippen LogP contribution in [0.4, 0.5) is 0 Å². The highest BCUT2D eigenvalue weighted by Gasteiger charge is 2.29. The molecule has 1 aromatic carbocycles. The summed E-state index contributed by atoms with van der Waals surface area (Å²) in [5.74, 6) is -0.0292. The maximum absolute atomic E-state index is 12.5. The highest BCUT2D eigenvalue weighted by Crippen LogP contribution is 2.25. The number of para-hydroxylation sites is 1. The number of phenols is 1. The molecule has 1 aromatic rings. The van der Waals surface area contributed by atoms with Gasteiger partial charge < -0.3 is 15.2 Å². The average molecular weight is 276 g/mol. The van der Waals surface area contributed by atoms with Gasteiger partial charge in [0.05, 0.1) is 11.3 Å². The van der Waals surface area contributed by atoms with Gasteiger partial charge in [-0.3, -0.25) is 4.79 Å². The second kappa shape index (κ2) is 5.94. The van der Waals surface area contributed by atoms with E-state index >= 15 is 0 Å². The molecule has 0 radical (unpaired) electrons. The minimum atomic E-state index is -0.165. The summed E-state index contributed by atoms with van der Waals surface area (Å²) in [7, 11) is 0. The first kappa shape index (κ1) is 14.4. The fourth-order valence-corrected chi connectivity index (χ4v) is 2.60. The van der Waals surface area contributed by atoms with E-state index in [9.17, 15) is 9.90 Å². The zero-order chi connectivity index (χ0) is 14.7. The number of piperidine rings is 1. The summed E-state index contributed by atoms with van der Waals surface area (Å²) in [4.78, 5) is 14.2. The van der Waals surface area contributed by atoms with Gasteiger partial charge in [-0.25, -0.2) is 0 Å². The van der Waals surface area contributed by atoms with E-state index < -0.39 is 0 Å². The van der Waals surface area contributed by atoms with Crippen LogP contribution in [0, 0.1) is 12.8 Å². The number of rotatable bonds is 2. The van der Waals surface area contributed by atoms with Gasteiger partial charge in [0.15, 0.2) is 0 Å². The third-order valence-corrected chi connectivity index (χ3v) is 3.93. The van der Waals surface area contributed by atoms with Crippen molar-refractivity contribution in [2.45, 2.75) is 26.7 Å². The van der Waals surface area contributed by atoms with E-state index in [1.807, 2.05) is 6.92 Å². The van der Waals surface area contributed by atoms with Crippen LogP contribution in [0.5, 0.6) is 5.75 Å². The standard InChI is InChI=1S/C15H20N2O3/c1-3-11-9-17(8-7-13(11)16-20)15(19)12-6-4-5-10(2)14(12)18/h4-6,11,18,20H,3,7-9H2,1-2H3/b16-13+. The van der Waals surface area contributed by atoms with Crippen LogP contribution >= 0.6 is 0 Å². The van der Waals surface area contributed by atoms with Crippen molar-refractivity contribution in [3.63, 3.8) is 0 Å². The predicted molar refractivity (Wildman–Crippen MR) is 76.4 cm³/mol. The van der Waals surface area contributed by atoms with Gasteiger partial charge in [-0.15, -0.1) is 0 Å². The SMILES string of the molecule is CCC1CN(C(=O)c2cccc(C)c2O)CC/C1=N\O. The molecule has 5 nitrogen and oxygen atoms in total. The molecule has 20 heavy (non-hydrogen) atoms. The number of amides is 1. The Bertz CT molecular complexity index is 540. The maximum Gasteiger partial charge on any atom is 0.257 e. The molecule has 1 aliphatic heterocycles. The summed E-state index contributed by atoms with van der Waals surface area (Å²) in [6.45, 7) is 4.83. The van der Waals surface area contributed by atoms with Crippen molar-refractivity contribution in [2.24, 2.45) is 11.1 Å².